The number of amides is 1. The molecule has 0 spiro atoms. The van der Waals surface area contributed by atoms with Crippen LogP contribution in [0, 0.1) is 11.3 Å². The van der Waals surface area contributed by atoms with E-state index >= 15 is 0 Å². The van der Waals surface area contributed by atoms with Gasteiger partial charge in [0.25, 0.3) is 0 Å². The lowest BCUT2D eigenvalue weighted by Gasteiger charge is -2.38. The molecule has 1 rings (SSSR count). The van der Waals surface area contributed by atoms with Crippen LogP contribution in [-0.4, -0.2) is 49.6 Å². The summed E-state index contributed by atoms with van der Waals surface area (Å²) in [6.45, 7) is 15.7. The van der Waals surface area contributed by atoms with Crippen LogP contribution in [0.5, 0.6) is 0 Å². The van der Waals surface area contributed by atoms with Gasteiger partial charge in [0, 0.05) is 45.7 Å². The van der Waals surface area contributed by atoms with Crippen molar-refractivity contribution < 1.29 is 4.79 Å². The first kappa shape index (κ1) is 16.4. The van der Waals surface area contributed by atoms with Gasteiger partial charge in [-0.2, -0.15) is 0 Å². The Kier molecular flexibility index (Phi) is 6.27. The van der Waals surface area contributed by atoms with E-state index in [1.165, 1.54) is 6.42 Å². The lowest BCUT2D eigenvalue weighted by atomic mass is 9.93. The van der Waals surface area contributed by atoms with E-state index in [1.807, 2.05) is 0 Å². The van der Waals surface area contributed by atoms with E-state index in [2.05, 4.69) is 43.2 Å². The highest BCUT2D eigenvalue weighted by Gasteiger charge is 2.25. The van der Waals surface area contributed by atoms with Crippen molar-refractivity contribution in [2.75, 3.05) is 32.7 Å². The van der Waals surface area contributed by atoms with Gasteiger partial charge in [-0.3, -0.25) is 9.69 Å². The lowest BCUT2D eigenvalue weighted by Crippen LogP contribution is -2.51. The second kappa shape index (κ2) is 7.25. The summed E-state index contributed by atoms with van der Waals surface area (Å²) in [4.78, 5) is 13.3. The smallest absolute Gasteiger partial charge is 0.216 e. The normalized spacial score (nSPS) is 25.3. The summed E-state index contributed by atoms with van der Waals surface area (Å²) < 4.78 is 0. The Morgan fingerprint density at radius 3 is 2.58 bits per heavy atom. The number of nitrogens with zero attached hydrogens (tertiary/aromatic N) is 1. The van der Waals surface area contributed by atoms with Crippen LogP contribution in [0.4, 0.5) is 0 Å². The van der Waals surface area contributed by atoms with Crippen molar-refractivity contribution in [3.63, 3.8) is 0 Å². The van der Waals surface area contributed by atoms with Crippen molar-refractivity contribution in [2.24, 2.45) is 11.3 Å². The van der Waals surface area contributed by atoms with E-state index < -0.39 is 0 Å². The molecule has 1 aliphatic heterocycles. The fourth-order valence-corrected chi connectivity index (χ4v) is 2.63. The van der Waals surface area contributed by atoms with Crippen LogP contribution in [0.25, 0.3) is 0 Å². The predicted molar refractivity (Wildman–Crippen MR) is 80.2 cm³/mol. The van der Waals surface area contributed by atoms with E-state index in [4.69, 9.17) is 0 Å². The lowest BCUT2D eigenvalue weighted by molar-refractivity contribution is -0.119. The number of nitrogens with one attached hydrogen (secondary N) is 2. The number of likely N-dealkylation sites (tertiary alicyclic amines) is 1. The van der Waals surface area contributed by atoms with Crippen molar-refractivity contribution in [3.05, 3.63) is 0 Å². The number of carbonyl (C=O) groups is 1. The maximum atomic E-state index is 10.9. The Labute approximate surface area is 118 Å². The standard InChI is InChI=1S/C15H31N3O/c1-12-8-14(17-11-15(3,4)5)10-18(9-12)7-6-16-13(2)19/h12,14,17H,6-11H2,1-5H3,(H,16,19). The minimum absolute atomic E-state index is 0.0625. The Balaban J connectivity index is 2.33. The van der Waals surface area contributed by atoms with E-state index in [9.17, 15) is 4.79 Å². The molecular weight excluding hydrogens is 238 g/mol. The molecule has 0 radical (unpaired) electrons. The Morgan fingerprint density at radius 1 is 1.32 bits per heavy atom. The van der Waals surface area contributed by atoms with Crippen LogP contribution in [0.1, 0.15) is 41.0 Å². The molecule has 112 valence electrons. The highest BCUT2D eigenvalue weighted by atomic mass is 16.1. The second-order valence-electron chi connectivity index (χ2n) is 7.22. The van der Waals surface area contributed by atoms with Gasteiger partial charge in [0.05, 0.1) is 0 Å². The summed E-state index contributed by atoms with van der Waals surface area (Å²) in [5.41, 5.74) is 0.335. The van der Waals surface area contributed by atoms with E-state index in [1.54, 1.807) is 6.92 Å². The molecular formula is C15H31N3O. The fraction of sp³-hybridized carbons (Fsp3) is 0.933. The van der Waals surface area contributed by atoms with Crippen molar-refractivity contribution in [1.29, 1.82) is 0 Å². The van der Waals surface area contributed by atoms with Gasteiger partial charge in [-0.05, 0) is 17.8 Å². The number of carbonyl (C=O) groups excluding carboxylic acids is 1. The van der Waals surface area contributed by atoms with Crippen LogP contribution in [0.3, 0.4) is 0 Å². The van der Waals surface area contributed by atoms with Gasteiger partial charge in [-0.25, -0.2) is 0 Å². The first-order valence-electron chi connectivity index (χ1n) is 7.46. The van der Waals surface area contributed by atoms with Gasteiger partial charge in [-0.1, -0.05) is 27.7 Å². The molecule has 1 amide bonds. The maximum absolute atomic E-state index is 10.9. The number of rotatable bonds is 5. The molecule has 0 aromatic rings. The average molecular weight is 269 g/mol. The zero-order chi connectivity index (χ0) is 14.5. The molecule has 19 heavy (non-hydrogen) atoms. The van der Waals surface area contributed by atoms with Gasteiger partial charge in [0.2, 0.25) is 5.91 Å². The molecule has 1 aliphatic rings. The van der Waals surface area contributed by atoms with E-state index in [0.29, 0.717) is 11.5 Å². The van der Waals surface area contributed by atoms with Gasteiger partial charge < -0.3 is 10.6 Å². The molecule has 2 unspecified atom stereocenters. The van der Waals surface area contributed by atoms with Crippen molar-refractivity contribution >= 4 is 5.91 Å². The predicted octanol–water partition coefficient (Wildman–Crippen LogP) is 1.47. The van der Waals surface area contributed by atoms with Crippen molar-refractivity contribution in [3.8, 4) is 0 Å². The number of hydrogen-bond acceptors (Lipinski definition) is 3. The molecule has 4 heteroatoms. The largest absolute Gasteiger partial charge is 0.355 e. The van der Waals surface area contributed by atoms with Gasteiger partial charge in [0.15, 0.2) is 0 Å². The number of piperidine rings is 1. The topological polar surface area (TPSA) is 44.4 Å². The minimum atomic E-state index is 0.0625. The van der Waals surface area contributed by atoms with Crippen molar-refractivity contribution in [2.45, 2.75) is 47.1 Å². The molecule has 0 aromatic heterocycles. The zero-order valence-corrected chi connectivity index (χ0v) is 13.3. The first-order chi connectivity index (χ1) is 8.76. The summed E-state index contributed by atoms with van der Waals surface area (Å²) >= 11 is 0. The third-order valence-corrected chi connectivity index (χ3v) is 3.46. The monoisotopic (exact) mass is 269 g/mol. The van der Waals surface area contributed by atoms with Crippen LogP contribution >= 0.6 is 0 Å². The summed E-state index contributed by atoms with van der Waals surface area (Å²) in [6.07, 6.45) is 1.26. The van der Waals surface area contributed by atoms with Gasteiger partial charge >= 0.3 is 0 Å². The Hall–Kier alpha value is -0.610. The molecule has 0 saturated carbocycles. The van der Waals surface area contributed by atoms with Gasteiger partial charge in [0.1, 0.15) is 0 Å². The molecule has 0 bridgehead atoms. The van der Waals surface area contributed by atoms with Crippen LogP contribution in [0.2, 0.25) is 0 Å². The maximum Gasteiger partial charge on any atom is 0.216 e. The van der Waals surface area contributed by atoms with E-state index in [0.717, 1.165) is 38.6 Å². The average Bonchev–Trinajstić information content (AvgIpc) is 2.24. The summed E-state index contributed by atoms with van der Waals surface area (Å²) in [5.74, 6) is 0.788. The number of hydrogen-bond donors (Lipinski definition) is 2. The second-order valence-corrected chi connectivity index (χ2v) is 7.22. The first-order valence-corrected chi connectivity index (χ1v) is 7.46. The molecule has 0 aromatic carbocycles. The summed E-state index contributed by atoms with van der Waals surface area (Å²) in [6, 6.07) is 0.584. The quantitative estimate of drug-likeness (QED) is 0.794. The van der Waals surface area contributed by atoms with Crippen LogP contribution in [-0.2, 0) is 4.79 Å². The third kappa shape index (κ3) is 7.53. The highest BCUT2D eigenvalue weighted by Crippen LogP contribution is 2.18. The molecule has 1 saturated heterocycles. The molecule has 1 fully saturated rings. The summed E-state index contributed by atoms with van der Waals surface area (Å²) in [7, 11) is 0. The molecule has 2 atom stereocenters. The molecule has 1 heterocycles. The molecule has 4 nitrogen and oxygen atoms in total. The molecule has 0 aliphatic carbocycles. The summed E-state index contributed by atoms with van der Waals surface area (Å²) in [5, 5.41) is 6.57. The third-order valence-electron chi connectivity index (χ3n) is 3.46. The van der Waals surface area contributed by atoms with Crippen LogP contribution < -0.4 is 10.6 Å². The fourth-order valence-electron chi connectivity index (χ4n) is 2.63. The molecule has 2 N–H and O–H groups in total. The Bertz CT molecular complexity index is 286. The van der Waals surface area contributed by atoms with Crippen molar-refractivity contribution in [1.82, 2.24) is 15.5 Å². The van der Waals surface area contributed by atoms with Gasteiger partial charge in [-0.15, -0.1) is 0 Å². The van der Waals surface area contributed by atoms with E-state index in [-0.39, 0.29) is 5.91 Å². The van der Waals surface area contributed by atoms with Crippen LogP contribution in [0.15, 0.2) is 0 Å². The zero-order valence-electron chi connectivity index (χ0n) is 13.3. The minimum Gasteiger partial charge on any atom is -0.355 e. The SMILES string of the molecule is CC(=O)NCCN1CC(C)CC(NCC(C)(C)C)C1. The highest BCUT2D eigenvalue weighted by molar-refractivity contribution is 5.72. The Morgan fingerprint density at radius 2 is 2.00 bits per heavy atom.